The Kier molecular flexibility index (Phi) is 5.52. The van der Waals surface area contributed by atoms with Crippen molar-refractivity contribution in [3.05, 3.63) is 78.5 Å². The zero-order valence-electron chi connectivity index (χ0n) is 15.8. The summed E-state index contributed by atoms with van der Waals surface area (Å²) in [4.78, 5) is 28.7. The van der Waals surface area contributed by atoms with Gasteiger partial charge in [0.05, 0.1) is 5.56 Å². The third-order valence-corrected chi connectivity index (χ3v) is 4.55. The molecule has 0 bridgehead atoms. The van der Waals surface area contributed by atoms with Gasteiger partial charge < -0.3 is 15.4 Å². The minimum absolute atomic E-state index is 0.309. The summed E-state index contributed by atoms with van der Waals surface area (Å²) in [5.41, 5.74) is 2.86. The van der Waals surface area contributed by atoms with E-state index in [0.717, 1.165) is 29.8 Å². The number of carbonyl (C=O) groups is 2. The predicted octanol–water partition coefficient (Wildman–Crippen LogP) is 4.12. The van der Waals surface area contributed by atoms with Crippen molar-refractivity contribution in [3.63, 3.8) is 0 Å². The van der Waals surface area contributed by atoms with Gasteiger partial charge in [0.15, 0.2) is 6.61 Å². The van der Waals surface area contributed by atoms with E-state index in [2.05, 4.69) is 15.6 Å². The minimum Gasteiger partial charge on any atom is -0.452 e. The fraction of sp³-hybridized carbons (Fsp3) is 0.174. The number of aromatic nitrogens is 1. The first kappa shape index (κ1) is 18.7. The summed E-state index contributed by atoms with van der Waals surface area (Å²) in [6.07, 6.45) is 3.75. The Balaban J connectivity index is 1.34. The quantitative estimate of drug-likeness (QED) is 0.596. The predicted molar refractivity (Wildman–Crippen MR) is 112 cm³/mol. The molecule has 0 spiro atoms. The SMILES string of the molecule is O=C(COC(=O)c1ccc(NC2CC2)nc1)Nc1ccccc1-c1ccccc1. The second kappa shape index (κ2) is 8.56. The molecule has 1 fully saturated rings. The molecule has 146 valence electrons. The molecule has 3 aromatic rings. The van der Waals surface area contributed by atoms with Gasteiger partial charge in [-0.2, -0.15) is 0 Å². The molecule has 0 atom stereocenters. The molecule has 6 nitrogen and oxygen atoms in total. The van der Waals surface area contributed by atoms with Crippen molar-refractivity contribution in [2.75, 3.05) is 17.2 Å². The molecule has 0 unspecified atom stereocenters. The normalized spacial score (nSPS) is 12.8. The first-order valence-electron chi connectivity index (χ1n) is 9.53. The standard InChI is InChI=1S/C23H21N3O3/c27-22(26-20-9-5-4-8-19(20)16-6-2-1-3-7-16)15-29-23(28)17-10-13-21(24-14-17)25-18-11-12-18/h1-10,13-14,18H,11-12,15H2,(H,24,25)(H,26,27). The van der Waals surface area contributed by atoms with Gasteiger partial charge >= 0.3 is 5.97 Å². The average molecular weight is 387 g/mol. The van der Waals surface area contributed by atoms with Gasteiger partial charge in [0, 0.05) is 23.5 Å². The van der Waals surface area contributed by atoms with E-state index in [1.54, 1.807) is 12.1 Å². The summed E-state index contributed by atoms with van der Waals surface area (Å²) in [7, 11) is 0. The van der Waals surface area contributed by atoms with E-state index in [-0.39, 0.29) is 6.61 Å². The number of anilines is 2. The van der Waals surface area contributed by atoms with E-state index in [1.807, 2.05) is 54.6 Å². The zero-order chi connectivity index (χ0) is 20.1. The molecule has 6 heteroatoms. The first-order chi connectivity index (χ1) is 14.2. The summed E-state index contributed by atoms with van der Waals surface area (Å²) >= 11 is 0. The van der Waals surface area contributed by atoms with Crippen molar-refractivity contribution < 1.29 is 14.3 Å². The van der Waals surface area contributed by atoms with Crippen LogP contribution in [0.5, 0.6) is 0 Å². The lowest BCUT2D eigenvalue weighted by Crippen LogP contribution is -2.21. The molecule has 1 aromatic heterocycles. The molecular weight excluding hydrogens is 366 g/mol. The van der Waals surface area contributed by atoms with Crippen molar-refractivity contribution in [2.24, 2.45) is 0 Å². The van der Waals surface area contributed by atoms with Gasteiger partial charge in [-0.3, -0.25) is 4.79 Å². The summed E-state index contributed by atoms with van der Waals surface area (Å²) in [6.45, 7) is -0.371. The van der Waals surface area contributed by atoms with Gasteiger partial charge in [-0.1, -0.05) is 48.5 Å². The van der Waals surface area contributed by atoms with E-state index in [1.165, 1.54) is 6.20 Å². The van der Waals surface area contributed by atoms with Crippen LogP contribution in [0.15, 0.2) is 72.9 Å². The third-order valence-electron chi connectivity index (χ3n) is 4.55. The maximum atomic E-state index is 12.3. The Morgan fingerprint density at radius 1 is 0.966 bits per heavy atom. The number of rotatable bonds is 7. The van der Waals surface area contributed by atoms with Crippen LogP contribution in [0.1, 0.15) is 23.2 Å². The topological polar surface area (TPSA) is 80.3 Å². The van der Waals surface area contributed by atoms with Gasteiger partial charge in [0.25, 0.3) is 5.91 Å². The van der Waals surface area contributed by atoms with Crippen LogP contribution in [0.3, 0.4) is 0 Å². The molecule has 4 rings (SSSR count). The second-order valence-corrected chi connectivity index (χ2v) is 6.89. The molecule has 1 aliphatic carbocycles. The average Bonchev–Trinajstić information content (AvgIpc) is 3.58. The number of hydrogen-bond donors (Lipinski definition) is 2. The number of hydrogen-bond acceptors (Lipinski definition) is 5. The van der Waals surface area contributed by atoms with Crippen molar-refractivity contribution in [2.45, 2.75) is 18.9 Å². The van der Waals surface area contributed by atoms with Crippen LogP contribution in [0.2, 0.25) is 0 Å². The van der Waals surface area contributed by atoms with Crippen LogP contribution < -0.4 is 10.6 Å². The van der Waals surface area contributed by atoms with Crippen LogP contribution in [0.25, 0.3) is 11.1 Å². The lowest BCUT2D eigenvalue weighted by molar-refractivity contribution is -0.119. The van der Waals surface area contributed by atoms with Crippen LogP contribution in [0.4, 0.5) is 11.5 Å². The highest BCUT2D eigenvalue weighted by Crippen LogP contribution is 2.27. The van der Waals surface area contributed by atoms with Gasteiger partial charge in [0.1, 0.15) is 5.82 Å². The third kappa shape index (κ3) is 4.99. The molecule has 2 aromatic carbocycles. The highest BCUT2D eigenvalue weighted by Gasteiger charge is 2.21. The largest absolute Gasteiger partial charge is 0.452 e. The van der Waals surface area contributed by atoms with Gasteiger partial charge in [-0.15, -0.1) is 0 Å². The lowest BCUT2D eigenvalue weighted by Gasteiger charge is -2.11. The molecule has 1 saturated carbocycles. The van der Waals surface area contributed by atoms with Gasteiger partial charge in [-0.25, -0.2) is 9.78 Å². The van der Waals surface area contributed by atoms with Crippen LogP contribution in [0, 0.1) is 0 Å². The Morgan fingerprint density at radius 3 is 2.45 bits per heavy atom. The number of benzene rings is 2. The maximum Gasteiger partial charge on any atom is 0.340 e. The Morgan fingerprint density at radius 2 is 1.72 bits per heavy atom. The second-order valence-electron chi connectivity index (χ2n) is 6.89. The number of nitrogens with zero attached hydrogens (tertiary/aromatic N) is 1. The van der Waals surface area contributed by atoms with E-state index in [9.17, 15) is 9.59 Å². The van der Waals surface area contributed by atoms with E-state index < -0.39 is 11.9 Å². The maximum absolute atomic E-state index is 12.3. The fourth-order valence-corrected chi connectivity index (χ4v) is 2.90. The van der Waals surface area contributed by atoms with Crippen molar-refractivity contribution in [3.8, 4) is 11.1 Å². The Labute approximate surface area is 168 Å². The summed E-state index contributed by atoms with van der Waals surface area (Å²) in [6, 6.07) is 21.1. The highest BCUT2D eigenvalue weighted by atomic mass is 16.5. The van der Waals surface area contributed by atoms with Crippen LogP contribution in [-0.2, 0) is 9.53 Å². The molecule has 0 aliphatic heterocycles. The summed E-state index contributed by atoms with van der Waals surface area (Å²) in [5, 5.41) is 6.06. The monoisotopic (exact) mass is 387 g/mol. The van der Waals surface area contributed by atoms with Crippen molar-refractivity contribution in [1.29, 1.82) is 0 Å². The van der Waals surface area contributed by atoms with Crippen molar-refractivity contribution in [1.82, 2.24) is 4.98 Å². The van der Waals surface area contributed by atoms with Crippen molar-refractivity contribution >= 4 is 23.4 Å². The number of carbonyl (C=O) groups excluding carboxylic acids is 2. The molecule has 29 heavy (non-hydrogen) atoms. The Hall–Kier alpha value is -3.67. The summed E-state index contributed by atoms with van der Waals surface area (Å²) in [5.74, 6) is -0.247. The molecule has 0 saturated heterocycles. The zero-order valence-corrected chi connectivity index (χ0v) is 15.8. The van der Waals surface area contributed by atoms with E-state index in [4.69, 9.17) is 4.74 Å². The molecule has 2 N–H and O–H groups in total. The fourth-order valence-electron chi connectivity index (χ4n) is 2.90. The van der Waals surface area contributed by atoms with Gasteiger partial charge in [0.2, 0.25) is 0 Å². The lowest BCUT2D eigenvalue weighted by atomic mass is 10.0. The highest BCUT2D eigenvalue weighted by molar-refractivity contribution is 5.98. The minimum atomic E-state index is -0.582. The van der Waals surface area contributed by atoms with Gasteiger partial charge in [-0.05, 0) is 36.6 Å². The number of nitrogens with one attached hydrogen (secondary N) is 2. The Bertz CT molecular complexity index is 999. The number of amides is 1. The van der Waals surface area contributed by atoms with Crippen LogP contribution in [-0.4, -0.2) is 29.5 Å². The number of ether oxygens (including phenoxy) is 1. The molecule has 0 radical (unpaired) electrons. The number of para-hydroxylation sites is 1. The first-order valence-corrected chi connectivity index (χ1v) is 9.53. The van der Waals surface area contributed by atoms with Crippen LogP contribution >= 0.6 is 0 Å². The van der Waals surface area contributed by atoms with E-state index >= 15 is 0 Å². The number of pyridine rings is 1. The molecule has 1 amide bonds. The summed E-state index contributed by atoms with van der Waals surface area (Å²) < 4.78 is 5.13. The molecule has 1 heterocycles. The number of esters is 1. The van der Waals surface area contributed by atoms with E-state index in [0.29, 0.717) is 17.3 Å². The molecular formula is C23H21N3O3. The molecule has 1 aliphatic rings. The smallest absolute Gasteiger partial charge is 0.340 e.